The number of nitrogens with one attached hydrogen (secondary N) is 1. The summed E-state index contributed by atoms with van der Waals surface area (Å²) < 4.78 is 0. The van der Waals surface area contributed by atoms with Gasteiger partial charge in [0.2, 0.25) is 0 Å². The minimum atomic E-state index is 0.547. The maximum atomic E-state index is 5.98. The molecule has 1 fully saturated rings. The van der Waals surface area contributed by atoms with E-state index < -0.39 is 0 Å². The van der Waals surface area contributed by atoms with Crippen molar-refractivity contribution >= 4 is 0 Å². The van der Waals surface area contributed by atoms with Crippen molar-refractivity contribution in [3.8, 4) is 0 Å². The standard InChI is InChI=1S/C16H34N2/c1-12(2)15(13(3)4)11-18-16(10-17)14-8-6-5-7-9-14/h12-16,18H,5-11,17H2,1-4H3. The van der Waals surface area contributed by atoms with Crippen LogP contribution in [0.3, 0.4) is 0 Å². The fraction of sp³-hybridized carbons (Fsp3) is 1.00. The van der Waals surface area contributed by atoms with Crippen molar-refractivity contribution in [2.24, 2.45) is 29.4 Å². The van der Waals surface area contributed by atoms with Crippen molar-refractivity contribution in [2.45, 2.75) is 65.8 Å². The van der Waals surface area contributed by atoms with Crippen molar-refractivity contribution in [3.05, 3.63) is 0 Å². The topological polar surface area (TPSA) is 38.0 Å². The molecule has 1 unspecified atom stereocenters. The predicted molar refractivity (Wildman–Crippen MR) is 80.6 cm³/mol. The number of hydrogen-bond donors (Lipinski definition) is 2. The smallest absolute Gasteiger partial charge is 0.0218 e. The first-order valence-electron chi connectivity index (χ1n) is 7.99. The normalized spacial score (nSPS) is 20.0. The minimum Gasteiger partial charge on any atom is -0.329 e. The van der Waals surface area contributed by atoms with Gasteiger partial charge in [-0.2, -0.15) is 0 Å². The zero-order chi connectivity index (χ0) is 13.5. The summed E-state index contributed by atoms with van der Waals surface area (Å²) in [6, 6.07) is 0.547. The molecule has 0 bridgehead atoms. The van der Waals surface area contributed by atoms with Gasteiger partial charge in [-0.25, -0.2) is 0 Å². The Hall–Kier alpha value is -0.0800. The van der Waals surface area contributed by atoms with Gasteiger partial charge in [0, 0.05) is 12.6 Å². The first-order valence-corrected chi connectivity index (χ1v) is 7.99. The molecule has 1 atom stereocenters. The molecule has 0 radical (unpaired) electrons. The van der Waals surface area contributed by atoms with Crippen LogP contribution in [0, 0.1) is 23.7 Å². The van der Waals surface area contributed by atoms with Gasteiger partial charge in [-0.3, -0.25) is 0 Å². The Labute approximate surface area is 114 Å². The van der Waals surface area contributed by atoms with Gasteiger partial charge >= 0.3 is 0 Å². The molecule has 18 heavy (non-hydrogen) atoms. The van der Waals surface area contributed by atoms with Crippen molar-refractivity contribution in [1.82, 2.24) is 5.32 Å². The molecule has 0 aromatic carbocycles. The lowest BCUT2D eigenvalue weighted by molar-refractivity contribution is 0.224. The van der Waals surface area contributed by atoms with Crippen LogP contribution in [0.4, 0.5) is 0 Å². The summed E-state index contributed by atoms with van der Waals surface area (Å²) in [7, 11) is 0. The Morgan fingerprint density at radius 2 is 1.56 bits per heavy atom. The van der Waals surface area contributed by atoms with Crippen molar-refractivity contribution in [3.63, 3.8) is 0 Å². The fourth-order valence-electron chi connectivity index (χ4n) is 3.51. The van der Waals surface area contributed by atoms with Gasteiger partial charge in [0.25, 0.3) is 0 Å². The van der Waals surface area contributed by atoms with Crippen LogP contribution in [-0.4, -0.2) is 19.1 Å². The number of nitrogens with two attached hydrogens (primary N) is 1. The fourth-order valence-corrected chi connectivity index (χ4v) is 3.51. The van der Waals surface area contributed by atoms with E-state index in [0.717, 1.165) is 36.8 Å². The molecule has 0 heterocycles. The van der Waals surface area contributed by atoms with E-state index in [1.807, 2.05) is 0 Å². The minimum absolute atomic E-state index is 0.547. The van der Waals surface area contributed by atoms with Gasteiger partial charge in [-0.15, -0.1) is 0 Å². The van der Waals surface area contributed by atoms with E-state index in [-0.39, 0.29) is 0 Å². The summed E-state index contributed by atoms with van der Waals surface area (Å²) in [5, 5.41) is 3.78. The lowest BCUT2D eigenvalue weighted by atomic mass is 9.82. The summed E-state index contributed by atoms with van der Waals surface area (Å²) in [4.78, 5) is 0. The van der Waals surface area contributed by atoms with E-state index in [1.165, 1.54) is 32.1 Å². The second-order valence-electron chi connectivity index (χ2n) is 6.80. The molecule has 0 spiro atoms. The average Bonchev–Trinajstić information content (AvgIpc) is 2.34. The van der Waals surface area contributed by atoms with E-state index >= 15 is 0 Å². The van der Waals surface area contributed by atoms with Crippen molar-refractivity contribution in [1.29, 1.82) is 0 Å². The Bertz CT molecular complexity index is 199. The third kappa shape index (κ3) is 4.89. The van der Waals surface area contributed by atoms with Gasteiger partial charge in [0.05, 0.1) is 0 Å². The van der Waals surface area contributed by atoms with E-state index in [0.29, 0.717) is 6.04 Å². The van der Waals surface area contributed by atoms with Gasteiger partial charge in [-0.05, 0) is 43.1 Å². The first-order chi connectivity index (χ1) is 8.56. The number of rotatable bonds is 7. The van der Waals surface area contributed by atoms with Crippen LogP contribution in [0.2, 0.25) is 0 Å². The molecule has 0 amide bonds. The SMILES string of the molecule is CC(C)C(CNC(CN)C1CCCCC1)C(C)C. The molecule has 1 rings (SSSR count). The lowest BCUT2D eigenvalue weighted by Gasteiger charge is -2.33. The van der Waals surface area contributed by atoms with Gasteiger partial charge in [0.15, 0.2) is 0 Å². The quantitative estimate of drug-likeness (QED) is 0.730. The van der Waals surface area contributed by atoms with E-state index in [4.69, 9.17) is 5.73 Å². The summed E-state index contributed by atoms with van der Waals surface area (Å²) in [5.41, 5.74) is 5.98. The number of hydrogen-bond acceptors (Lipinski definition) is 2. The average molecular weight is 254 g/mol. The summed E-state index contributed by atoms with van der Waals surface area (Å²) >= 11 is 0. The van der Waals surface area contributed by atoms with Crippen LogP contribution in [0.1, 0.15) is 59.8 Å². The largest absolute Gasteiger partial charge is 0.329 e. The van der Waals surface area contributed by atoms with Crippen LogP contribution in [0.15, 0.2) is 0 Å². The Morgan fingerprint density at radius 1 is 1.00 bits per heavy atom. The molecule has 2 nitrogen and oxygen atoms in total. The first kappa shape index (κ1) is 16.0. The van der Waals surface area contributed by atoms with Crippen molar-refractivity contribution < 1.29 is 0 Å². The van der Waals surface area contributed by atoms with Crippen LogP contribution in [0.5, 0.6) is 0 Å². The summed E-state index contributed by atoms with van der Waals surface area (Å²) in [5.74, 6) is 3.09. The zero-order valence-electron chi connectivity index (χ0n) is 12.9. The lowest BCUT2D eigenvalue weighted by Crippen LogP contribution is -2.46. The van der Waals surface area contributed by atoms with E-state index in [2.05, 4.69) is 33.0 Å². The van der Waals surface area contributed by atoms with Gasteiger partial charge < -0.3 is 11.1 Å². The van der Waals surface area contributed by atoms with E-state index in [1.54, 1.807) is 0 Å². The molecule has 1 aliphatic rings. The summed E-state index contributed by atoms with van der Waals surface area (Å²) in [6.07, 6.45) is 6.99. The van der Waals surface area contributed by atoms with Crippen LogP contribution in [0.25, 0.3) is 0 Å². The molecular formula is C16H34N2. The van der Waals surface area contributed by atoms with Crippen LogP contribution in [-0.2, 0) is 0 Å². The van der Waals surface area contributed by atoms with Crippen LogP contribution >= 0.6 is 0 Å². The monoisotopic (exact) mass is 254 g/mol. The summed E-state index contributed by atoms with van der Waals surface area (Å²) in [6.45, 7) is 11.3. The molecule has 3 N–H and O–H groups in total. The predicted octanol–water partition coefficient (Wildman–Crippen LogP) is 3.41. The van der Waals surface area contributed by atoms with Crippen molar-refractivity contribution in [2.75, 3.05) is 13.1 Å². The van der Waals surface area contributed by atoms with E-state index in [9.17, 15) is 0 Å². The molecule has 0 saturated heterocycles. The van der Waals surface area contributed by atoms with Gasteiger partial charge in [-0.1, -0.05) is 47.0 Å². The molecule has 0 aliphatic heterocycles. The zero-order valence-corrected chi connectivity index (χ0v) is 12.9. The Kier molecular flexibility index (Phi) is 7.25. The maximum Gasteiger partial charge on any atom is 0.0218 e. The molecule has 1 saturated carbocycles. The highest BCUT2D eigenvalue weighted by Crippen LogP contribution is 2.27. The molecule has 2 heteroatoms. The highest BCUT2D eigenvalue weighted by Gasteiger charge is 2.24. The maximum absolute atomic E-state index is 5.98. The third-order valence-electron chi connectivity index (χ3n) is 4.80. The molecule has 0 aromatic rings. The molecule has 108 valence electrons. The molecular weight excluding hydrogens is 220 g/mol. The second kappa shape index (κ2) is 8.16. The molecule has 0 aromatic heterocycles. The second-order valence-corrected chi connectivity index (χ2v) is 6.80. The van der Waals surface area contributed by atoms with Gasteiger partial charge in [0.1, 0.15) is 0 Å². The highest BCUT2D eigenvalue weighted by atomic mass is 14.9. The Morgan fingerprint density at radius 3 is 2.00 bits per heavy atom. The molecule has 1 aliphatic carbocycles. The highest BCUT2D eigenvalue weighted by molar-refractivity contribution is 4.82. The third-order valence-corrected chi connectivity index (χ3v) is 4.80. The Balaban J connectivity index is 2.42. The van der Waals surface area contributed by atoms with Crippen LogP contribution < -0.4 is 11.1 Å².